The van der Waals surface area contributed by atoms with Gasteiger partial charge in [-0.15, -0.1) is 0 Å². The molecule has 2 heterocycles. The van der Waals surface area contributed by atoms with Crippen molar-refractivity contribution < 1.29 is 33.3 Å². The number of carbonyl (C=O) groups is 3. The fourth-order valence-electron chi connectivity index (χ4n) is 2.75. The van der Waals surface area contributed by atoms with E-state index in [4.69, 9.17) is 30.5 Å². The summed E-state index contributed by atoms with van der Waals surface area (Å²) in [4.78, 5) is 39.5. The summed E-state index contributed by atoms with van der Waals surface area (Å²) < 4.78 is 21.1. The van der Waals surface area contributed by atoms with Gasteiger partial charge in [0.25, 0.3) is 5.91 Å². The van der Waals surface area contributed by atoms with E-state index in [2.05, 4.69) is 0 Å². The highest BCUT2D eigenvalue weighted by Crippen LogP contribution is 2.38. The highest BCUT2D eigenvalue weighted by molar-refractivity contribution is 6.32. The number of likely N-dealkylation sites (N-methyl/N-ethyl adjacent to an activating group) is 1. The van der Waals surface area contributed by atoms with E-state index in [1.165, 1.54) is 24.1 Å². The average molecular weight is 413 g/mol. The molecule has 0 N–H and O–H groups in total. The number of ether oxygens (including phenoxy) is 4. The van der Waals surface area contributed by atoms with Crippen LogP contribution >= 0.6 is 11.6 Å². The van der Waals surface area contributed by atoms with Gasteiger partial charge in [-0.05, 0) is 12.1 Å². The topological polar surface area (TPSA) is 94.6 Å². The van der Waals surface area contributed by atoms with Crippen LogP contribution in [0.5, 0.6) is 11.5 Å². The van der Waals surface area contributed by atoms with Gasteiger partial charge in [0.2, 0.25) is 5.91 Å². The van der Waals surface area contributed by atoms with E-state index in [0.717, 1.165) is 0 Å². The molecule has 2 amide bonds. The van der Waals surface area contributed by atoms with Crippen molar-refractivity contribution in [2.45, 2.75) is 0 Å². The Balaban J connectivity index is 1.51. The van der Waals surface area contributed by atoms with E-state index in [1.807, 2.05) is 0 Å². The molecule has 9 nitrogen and oxygen atoms in total. The summed E-state index contributed by atoms with van der Waals surface area (Å²) in [6, 6.07) is 2.85. The first-order valence-corrected chi connectivity index (χ1v) is 9.19. The van der Waals surface area contributed by atoms with Crippen LogP contribution < -0.4 is 9.47 Å². The van der Waals surface area contributed by atoms with Crippen LogP contribution in [0.2, 0.25) is 5.02 Å². The van der Waals surface area contributed by atoms with Gasteiger partial charge < -0.3 is 28.7 Å². The predicted octanol–water partition coefficient (Wildman–Crippen LogP) is 0.585. The minimum Gasteiger partial charge on any atom is -0.486 e. The highest BCUT2D eigenvalue weighted by Gasteiger charge is 2.23. The summed E-state index contributed by atoms with van der Waals surface area (Å²) in [7, 11) is 1.48. The summed E-state index contributed by atoms with van der Waals surface area (Å²) in [6.45, 7) is 2.12. The second kappa shape index (κ2) is 9.11. The average Bonchev–Trinajstić information content (AvgIpc) is 2.72. The molecule has 1 aromatic carbocycles. The predicted molar refractivity (Wildman–Crippen MR) is 97.8 cm³/mol. The lowest BCUT2D eigenvalue weighted by Crippen LogP contribution is -2.46. The number of nitrogens with zero attached hydrogens (tertiary/aromatic N) is 2. The number of halogens is 1. The summed E-state index contributed by atoms with van der Waals surface area (Å²) in [6.07, 6.45) is 0. The molecular weight excluding hydrogens is 392 g/mol. The second-order valence-corrected chi connectivity index (χ2v) is 6.71. The van der Waals surface area contributed by atoms with E-state index in [-0.39, 0.29) is 23.0 Å². The molecule has 152 valence electrons. The molecule has 0 bridgehead atoms. The quantitative estimate of drug-likeness (QED) is 0.653. The molecule has 0 saturated carbocycles. The molecule has 0 aliphatic carbocycles. The first-order chi connectivity index (χ1) is 13.5. The molecule has 0 spiro atoms. The number of benzene rings is 1. The van der Waals surface area contributed by atoms with Crippen LogP contribution in [0.1, 0.15) is 10.4 Å². The van der Waals surface area contributed by atoms with Gasteiger partial charge in [-0.25, -0.2) is 4.79 Å². The number of hydrogen-bond acceptors (Lipinski definition) is 7. The molecule has 28 heavy (non-hydrogen) atoms. The number of morpholine rings is 1. The Morgan fingerprint density at radius 2 is 1.86 bits per heavy atom. The fourth-order valence-corrected chi connectivity index (χ4v) is 3.02. The lowest BCUT2D eigenvalue weighted by molar-refractivity contribution is -0.143. The lowest BCUT2D eigenvalue weighted by Gasteiger charge is -2.28. The van der Waals surface area contributed by atoms with Crippen molar-refractivity contribution in [2.75, 3.05) is 59.7 Å². The molecule has 1 saturated heterocycles. The molecule has 10 heteroatoms. The van der Waals surface area contributed by atoms with Gasteiger partial charge in [0.15, 0.2) is 18.1 Å². The molecule has 0 atom stereocenters. The van der Waals surface area contributed by atoms with Crippen LogP contribution in [0.3, 0.4) is 0 Å². The Labute approximate surface area is 167 Å². The molecule has 0 unspecified atom stereocenters. The number of hydrogen-bond donors (Lipinski definition) is 0. The normalized spacial score (nSPS) is 15.7. The monoisotopic (exact) mass is 412 g/mol. The minimum absolute atomic E-state index is 0.0910. The molecule has 2 aliphatic rings. The maximum Gasteiger partial charge on any atom is 0.338 e. The van der Waals surface area contributed by atoms with Gasteiger partial charge in [-0.3, -0.25) is 9.59 Å². The summed E-state index contributed by atoms with van der Waals surface area (Å²) in [5.41, 5.74) is 0.147. The maximum atomic E-state index is 12.2. The Morgan fingerprint density at radius 3 is 2.61 bits per heavy atom. The van der Waals surface area contributed by atoms with E-state index in [1.54, 1.807) is 4.90 Å². The summed E-state index contributed by atoms with van der Waals surface area (Å²) in [5.74, 6) is -0.657. The SMILES string of the molecule is CN(CC(=O)N1CCOCC1)C(=O)COC(=O)c1cc(Cl)c2c(c1)OCCO2. The number of carbonyl (C=O) groups excluding carboxylic acids is 3. The molecular formula is C18H21ClN2O7. The van der Waals surface area contributed by atoms with Crippen LogP contribution in [0, 0.1) is 0 Å². The zero-order valence-corrected chi connectivity index (χ0v) is 16.2. The molecule has 2 aliphatic heterocycles. The smallest absolute Gasteiger partial charge is 0.338 e. The van der Waals surface area contributed by atoms with Crippen molar-refractivity contribution >= 4 is 29.4 Å². The lowest BCUT2D eigenvalue weighted by atomic mass is 10.2. The third kappa shape index (κ3) is 4.85. The standard InChI is InChI=1S/C18H21ClN2O7/c1-20(10-15(22)21-2-4-25-5-3-21)16(23)11-28-18(24)12-8-13(19)17-14(9-12)26-6-7-27-17/h8-9H,2-7,10-11H2,1H3. The molecule has 1 aromatic rings. The van der Waals surface area contributed by atoms with E-state index in [0.29, 0.717) is 51.0 Å². The van der Waals surface area contributed by atoms with Crippen molar-refractivity contribution in [3.63, 3.8) is 0 Å². The summed E-state index contributed by atoms with van der Waals surface area (Å²) in [5, 5.41) is 0.226. The van der Waals surface area contributed by atoms with Gasteiger partial charge in [0, 0.05) is 20.1 Å². The molecule has 3 rings (SSSR count). The zero-order chi connectivity index (χ0) is 20.1. The Bertz CT molecular complexity index is 765. The van der Waals surface area contributed by atoms with Crippen molar-refractivity contribution in [1.82, 2.24) is 9.80 Å². The first kappa shape index (κ1) is 20.2. The van der Waals surface area contributed by atoms with E-state index >= 15 is 0 Å². The van der Waals surface area contributed by atoms with E-state index in [9.17, 15) is 14.4 Å². The zero-order valence-electron chi connectivity index (χ0n) is 15.4. The van der Waals surface area contributed by atoms with E-state index < -0.39 is 18.5 Å². The number of esters is 1. The van der Waals surface area contributed by atoms with Crippen molar-refractivity contribution in [2.24, 2.45) is 0 Å². The number of rotatable bonds is 5. The van der Waals surface area contributed by atoms with Crippen molar-refractivity contribution in [3.8, 4) is 11.5 Å². The Morgan fingerprint density at radius 1 is 1.14 bits per heavy atom. The van der Waals surface area contributed by atoms with Crippen LogP contribution in [0.25, 0.3) is 0 Å². The van der Waals surface area contributed by atoms with Gasteiger partial charge in [0.05, 0.1) is 30.3 Å². The maximum absolute atomic E-state index is 12.2. The Kier molecular flexibility index (Phi) is 6.58. The molecule has 0 radical (unpaired) electrons. The van der Waals surface area contributed by atoms with Crippen molar-refractivity contribution in [1.29, 1.82) is 0 Å². The van der Waals surface area contributed by atoms with Crippen LogP contribution in [0.15, 0.2) is 12.1 Å². The Hall–Kier alpha value is -2.52. The van der Waals surface area contributed by atoms with Gasteiger partial charge in [-0.1, -0.05) is 11.6 Å². The largest absolute Gasteiger partial charge is 0.486 e. The summed E-state index contributed by atoms with van der Waals surface area (Å²) >= 11 is 6.10. The third-order valence-electron chi connectivity index (χ3n) is 4.32. The van der Waals surface area contributed by atoms with Crippen LogP contribution in [-0.2, 0) is 19.1 Å². The minimum atomic E-state index is -0.722. The number of fused-ring (bicyclic) bond motifs is 1. The second-order valence-electron chi connectivity index (χ2n) is 6.30. The van der Waals surface area contributed by atoms with Crippen LogP contribution in [0.4, 0.5) is 0 Å². The fraction of sp³-hybridized carbons (Fsp3) is 0.500. The van der Waals surface area contributed by atoms with Crippen LogP contribution in [-0.4, -0.2) is 87.3 Å². The number of amides is 2. The highest BCUT2D eigenvalue weighted by atomic mass is 35.5. The van der Waals surface area contributed by atoms with Crippen molar-refractivity contribution in [3.05, 3.63) is 22.7 Å². The van der Waals surface area contributed by atoms with Gasteiger partial charge in [-0.2, -0.15) is 0 Å². The third-order valence-corrected chi connectivity index (χ3v) is 4.60. The van der Waals surface area contributed by atoms with Gasteiger partial charge in [0.1, 0.15) is 13.2 Å². The van der Waals surface area contributed by atoms with Gasteiger partial charge >= 0.3 is 5.97 Å². The first-order valence-electron chi connectivity index (χ1n) is 8.81. The molecule has 0 aromatic heterocycles. The molecule has 1 fully saturated rings.